The van der Waals surface area contributed by atoms with Crippen LogP contribution < -0.4 is 0 Å². The standard InChI is InChI=1S/C7H14O3.C7H14O2.3C2H6/c1-2-6-3-5(8)4-7(9)10-6;1-2-7-5-6(8)3-4-9-7;3*1-2/h5-9H,2-4H2,1H3;6-8H,2-5H2,1H3;3*1-2H3/t5?,6?,7-;;;;/m0..../s1. The lowest BCUT2D eigenvalue weighted by Gasteiger charge is -2.29. The van der Waals surface area contributed by atoms with Crippen molar-refractivity contribution in [3.63, 3.8) is 0 Å². The molecule has 2 aliphatic heterocycles. The minimum atomic E-state index is -0.756. The molecule has 25 heavy (non-hydrogen) atoms. The number of aliphatic hydroxyl groups excluding tert-OH is 3. The first-order valence-electron chi connectivity index (χ1n) is 10.4. The van der Waals surface area contributed by atoms with Crippen LogP contribution in [0.5, 0.6) is 0 Å². The maximum absolute atomic E-state index is 9.14. The molecule has 0 radical (unpaired) electrons. The quantitative estimate of drug-likeness (QED) is 0.680. The summed E-state index contributed by atoms with van der Waals surface area (Å²) in [4.78, 5) is 0. The van der Waals surface area contributed by atoms with Crippen LogP contribution >= 0.6 is 0 Å². The van der Waals surface area contributed by atoms with Crippen molar-refractivity contribution in [2.75, 3.05) is 6.61 Å². The van der Waals surface area contributed by atoms with Gasteiger partial charge in [0.1, 0.15) is 0 Å². The zero-order valence-electron chi connectivity index (χ0n) is 18.0. The molecule has 2 saturated heterocycles. The predicted molar refractivity (Wildman–Crippen MR) is 106 cm³/mol. The second-order valence-electron chi connectivity index (χ2n) is 5.33. The van der Waals surface area contributed by atoms with Crippen molar-refractivity contribution in [2.45, 2.75) is 125 Å². The van der Waals surface area contributed by atoms with Gasteiger partial charge in [-0.15, -0.1) is 0 Å². The predicted octanol–water partition coefficient (Wildman–Crippen LogP) is 4.27. The Bertz CT molecular complexity index is 228. The minimum absolute atomic E-state index is 0.0405. The van der Waals surface area contributed by atoms with Gasteiger partial charge in [0.05, 0.1) is 24.4 Å². The third kappa shape index (κ3) is 17.0. The van der Waals surface area contributed by atoms with Crippen molar-refractivity contribution in [1.82, 2.24) is 0 Å². The fourth-order valence-electron chi connectivity index (χ4n) is 2.37. The Morgan fingerprint density at radius 3 is 1.56 bits per heavy atom. The number of ether oxygens (including phenoxy) is 2. The maximum Gasteiger partial charge on any atom is 0.157 e. The molecule has 0 aromatic carbocycles. The summed E-state index contributed by atoms with van der Waals surface area (Å²) >= 11 is 0. The van der Waals surface area contributed by atoms with Gasteiger partial charge in [-0.2, -0.15) is 0 Å². The highest BCUT2D eigenvalue weighted by molar-refractivity contribution is 4.71. The van der Waals surface area contributed by atoms with E-state index < -0.39 is 6.29 Å². The highest BCUT2D eigenvalue weighted by Gasteiger charge is 2.25. The van der Waals surface area contributed by atoms with E-state index >= 15 is 0 Å². The third-order valence-corrected chi connectivity index (χ3v) is 3.61. The van der Waals surface area contributed by atoms with Gasteiger partial charge in [-0.25, -0.2) is 0 Å². The van der Waals surface area contributed by atoms with Gasteiger partial charge >= 0.3 is 0 Å². The van der Waals surface area contributed by atoms with E-state index in [2.05, 4.69) is 6.92 Å². The van der Waals surface area contributed by atoms with Gasteiger partial charge < -0.3 is 24.8 Å². The lowest BCUT2D eigenvalue weighted by molar-refractivity contribution is -0.189. The third-order valence-electron chi connectivity index (χ3n) is 3.61. The van der Waals surface area contributed by atoms with Gasteiger partial charge in [0.25, 0.3) is 0 Å². The van der Waals surface area contributed by atoms with E-state index in [9.17, 15) is 0 Å². The highest BCUT2D eigenvalue weighted by atomic mass is 16.6. The van der Waals surface area contributed by atoms with Crippen molar-refractivity contribution in [2.24, 2.45) is 0 Å². The van der Waals surface area contributed by atoms with Crippen LogP contribution in [0.25, 0.3) is 0 Å². The molecule has 5 nitrogen and oxygen atoms in total. The normalized spacial score (nSPS) is 30.6. The molecule has 5 atom stereocenters. The van der Waals surface area contributed by atoms with E-state index in [1.54, 1.807) is 0 Å². The summed E-state index contributed by atoms with van der Waals surface area (Å²) in [6.07, 6.45) is 3.65. The molecule has 2 rings (SSSR count). The molecule has 4 unspecified atom stereocenters. The van der Waals surface area contributed by atoms with Gasteiger partial charge in [0, 0.05) is 13.0 Å². The Morgan fingerprint density at radius 1 is 0.720 bits per heavy atom. The van der Waals surface area contributed by atoms with E-state index in [1.807, 2.05) is 48.5 Å². The number of rotatable bonds is 2. The zero-order chi connectivity index (χ0) is 20.3. The number of hydrogen-bond donors (Lipinski definition) is 3. The fourth-order valence-corrected chi connectivity index (χ4v) is 2.37. The molecule has 2 fully saturated rings. The van der Waals surface area contributed by atoms with Gasteiger partial charge in [0.2, 0.25) is 0 Å². The minimum Gasteiger partial charge on any atom is -0.393 e. The van der Waals surface area contributed by atoms with Gasteiger partial charge in [-0.3, -0.25) is 0 Å². The van der Waals surface area contributed by atoms with Crippen LogP contribution in [0.3, 0.4) is 0 Å². The summed E-state index contributed by atoms with van der Waals surface area (Å²) in [7, 11) is 0. The smallest absolute Gasteiger partial charge is 0.157 e. The zero-order valence-corrected chi connectivity index (χ0v) is 18.0. The monoisotopic (exact) mass is 366 g/mol. The van der Waals surface area contributed by atoms with Crippen LogP contribution in [0.4, 0.5) is 0 Å². The largest absolute Gasteiger partial charge is 0.393 e. The van der Waals surface area contributed by atoms with E-state index in [0.717, 1.165) is 32.3 Å². The van der Waals surface area contributed by atoms with E-state index in [4.69, 9.17) is 24.8 Å². The molecule has 0 bridgehead atoms. The Hall–Kier alpha value is -0.200. The Labute approximate surface area is 156 Å². The van der Waals surface area contributed by atoms with Crippen molar-refractivity contribution in [3.05, 3.63) is 0 Å². The van der Waals surface area contributed by atoms with Crippen molar-refractivity contribution < 1.29 is 24.8 Å². The topological polar surface area (TPSA) is 79.2 Å². The molecular weight excluding hydrogens is 320 g/mol. The molecular formula is C20H46O5. The number of aliphatic hydroxyl groups is 3. The Kier molecular flexibility index (Phi) is 25.8. The van der Waals surface area contributed by atoms with Gasteiger partial charge in [-0.05, 0) is 32.1 Å². The second kappa shape index (κ2) is 21.8. The van der Waals surface area contributed by atoms with Crippen LogP contribution in [-0.2, 0) is 9.47 Å². The summed E-state index contributed by atoms with van der Waals surface area (Å²) in [6, 6.07) is 0. The van der Waals surface area contributed by atoms with Crippen molar-refractivity contribution in [3.8, 4) is 0 Å². The first-order chi connectivity index (χ1) is 12.0. The summed E-state index contributed by atoms with van der Waals surface area (Å²) < 4.78 is 10.4. The fraction of sp³-hybridized carbons (Fsp3) is 1.00. The molecule has 5 heteroatoms. The summed E-state index contributed by atoms with van der Waals surface area (Å²) in [5.74, 6) is 0. The Morgan fingerprint density at radius 2 is 1.20 bits per heavy atom. The molecule has 2 heterocycles. The maximum atomic E-state index is 9.14. The van der Waals surface area contributed by atoms with Crippen LogP contribution in [-0.4, -0.2) is 52.6 Å². The molecule has 2 aliphatic rings. The molecule has 0 aliphatic carbocycles. The molecule has 0 saturated carbocycles. The first kappa shape index (κ1) is 29.6. The average Bonchev–Trinajstić information content (AvgIpc) is 2.66. The molecule has 3 N–H and O–H groups in total. The molecule has 0 spiro atoms. The SMILES string of the molecule is CC.CC.CC.CCC1CC(O)CCO1.CCC1CC(O)C[C@@H](O)O1. The van der Waals surface area contributed by atoms with Crippen LogP contribution in [0, 0.1) is 0 Å². The Balaban J connectivity index is -0.000000299. The lowest BCUT2D eigenvalue weighted by Crippen LogP contribution is -2.34. The molecule has 156 valence electrons. The molecule has 0 amide bonds. The summed E-state index contributed by atoms with van der Waals surface area (Å²) in [5, 5.41) is 27.3. The summed E-state index contributed by atoms with van der Waals surface area (Å²) in [5.41, 5.74) is 0. The molecule has 0 aromatic heterocycles. The highest BCUT2D eigenvalue weighted by Crippen LogP contribution is 2.19. The molecule has 0 aromatic rings. The van der Waals surface area contributed by atoms with Crippen molar-refractivity contribution >= 4 is 0 Å². The van der Waals surface area contributed by atoms with E-state index in [0.29, 0.717) is 18.9 Å². The number of hydrogen-bond acceptors (Lipinski definition) is 5. The van der Waals surface area contributed by atoms with Crippen LogP contribution in [0.1, 0.15) is 93.9 Å². The van der Waals surface area contributed by atoms with Gasteiger partial charge in [0.15, 0.2) is 6.29 Å². The lowest BCUT2D eigenvalue weighted by atomic mass is 10.0. The average molecular weight is 367 g/mol. The summed E-state index contributed by atoms with van der Waals surface area (Å²) in [6.45, 7) is 16.8. The van der Waals surface area contributed by atoms with Crippen LogP contribution in [0.15, 0.2) is 0 Å². The van der Waals surface area contributed by atoms with Crippen molar-refractivity contribution in [1.29, 1.82) is 0 Å². The van der Waals surface area contributed by atoms with Gasteiger partial charge in [-0.1, -0.05) is 55.4 Å². The second-order valence-corrected chi connectivity index (χ2v) is 5.33. The van der Waals surface area contributed by atoms with Crippen LogP contribution in [0.2, 0.25) is 0 Å². The van der Waals surface area contributed by atoms with E-state index in [-0.39, 0.29) is 18.3 Å². The van der Waals surface area contributed by atoms with E-state index in [1.165, 1.54) is 0 Å². The first-order valence-corrected chi connectivity index (χ1v) is 10.4.